The first-order chi connectivity index (χ1) is 5.88. The first kappa shape index (κ1) is 43.5. The molecule has 16 heavy (non-hydrogen) atoms. The van der Waals surface area contributed by atoms with Crippen molar-refractivity contribution < 1.29 is 31.1 Å². The van der Waals surface area contributed by atoms with Gasteiger partial charge >= 0.3 is 0 Å². The first-order valence-corrected chi connectivity index (χ1v) is 10.2. The molecule has 0 heterocycles. The van der Waals surface area contributed by atoms with Crippen molar-refractivity contribution in [2.24, 2.45) is 0 Å². The Morgan fingerprint density at radius 1 is 1.12 bits per heavy atom. The van der Waals surface area contributed by atoms with Crippen LogP contribution in [0.15, 0.2) is 0 Å². The second kappa shape index (κ2) is 56.0. The van der Waals surface area contributed by atoms with E-state index in [4.69, 9.17) is 9.90 Å². The normalized spacial score (nSPS) is 5.38. The third-order valence-electron chi connectivity index (χ3n) is 0. The van der Waals surface area contributed by atoms with E-state index in [1.165, 1.54) is 0 Å². The van der Waals surface area contributed by atoms with Gasteiger partial charge in [0.2, 0.25) is 0 Å². The fraction of sp³-hybridized carbons (Fsp3) is 0.750. The molecule has 0 saturated heterocycles. The van der Waals surface area contributed by atoms with Gasteiger partial charge in [0, 0.05) is 20.0 Å². The second-order valence-corrected chi connectivity index (χ2v) is 4.58. The molecule has 0 bridgehead atoms. The van der Waals surface area contributed by atoms with Crippen LogP contribution in [0.25, 0.3) is 0 Å². The highest BCUT2D eigenvalue weighted by atomic mass is 127. The SMILES string of the molecule is C.CC(C)=[OH+].CC(C)O.CI.C[I+]C.[CH3-].[CH3-]. The molecule has 0 aliphatic carbocycles. The summed E-state index contributed by atoms with van der Waals surface area (Å²) >= 11 is 2.74. The van der Waals surface area contributed by atoms with Gasteiger partial charge in [0.05, 0.1) is 0 Å². The Labute approximate surface area is 129 Å². The highest BCUT2D eigenvalue weighted by Gasteiger charge is 1.73. The smallest absolute Gasteiger partial charge is 0.286 e. The fourth-order valence-corrected chi connectivity index (χ4v) is 0. The topological polar surface area (TPSA) is 41.6 Å². The van der Waals surface area contributed by atoms with Crippen LogP contribution in [0.2, 0.25) is 0 Å². The number of carbonyl (C=O) groups excluding carboxylic acids is 1. The number of aliphatic hydroxyl groups is 1. The Morgan fingerprint density at radius 2 is 1.12 bits per heavy atom. The summed E-state index contributed by atoms with van der Waals surface area (Å²) in [7, 11) is 0. The number of hydrogen-bond donors (Lipinski definition) is 1. The van der Waals surface area contributed by atoms with Gasteiger partial charge < -0.3 is 20.0 Å². The quantitative estimate of drug-likeness (QED) is 0.246. The Balaban J connectivity index is -0.0000000131. The van der Waals surface area contributed by atoms with E-state index in [9.17, 15) is 0 Å². The number of rotatable bonds is 0. The Kier molecular flexibility index (Phi) is 152. The minimum absolute atomic E-state index is 0. The highest BCUT2D eigenvalue weighted by molar-refractivity contribution is 14.1. The van der Waals surface area contributed by atoms with Crippen molar-refractivity contribution in [3.8, 4) is 0 Å². The molecule has 0 radical (unpaired) electrons. The van der Waals surface area contributed by atoms with Crippen molar-refractivity contribution in [2.75, 3.05) is 14.8 Å². The maximum atomic E-state index is 8.06. The van der Waals surface area contributed by atoms with Gasteiger partial charge in [-0.1, -0.05) is 30.0 Å². The van der Waals surface area contributed by atoms with Gasteiger partial charge in [0.15, 0.2) is 0 Å². The van der Waals surface area contributed by atoms with Crippen LogP contribution in [0.3, 0.4) is 0 Å². The zero-order valence-corrected chi connectivity index (χ0v) is 16.0. The van der Waals surface area contributed by atoms with E-state index >= 15 is 0 Å². The predicted molar refractivity (Wildman–Crippen MR) is 87.0 cm³/mol. The van der Waals surface area contributed by atoms with E-state index in [2.05, 4.69) is 32.5 Å². The maximum Gasteiger partial charge on any atom is 0.286 e. The molecule has 0 rings (SSSR count). The van der Waals surface area contributed by atoms with E-state index in [1.54, 1.807) is 27.7 Å². The number of ketones is 1. The Morgan fingerprint density at radius 3 is 1.12 bits per heavy atom. The molecule has 0 aliphatic rings. The van der Waals surface area contributed by atoms with Gasteiger partial charge in [-0.3, -0.25) is 4.79 Å². The molecule has 0 spiro atoms. The number of hydrogen-bond acceptors (Lipinski definition) is 1. The lowest BCUT2D eigenvalue weighted by Gasteiger charge is -1.80. The van der Waals surface area contributed by atoms with Crippen LogP contribution in [0.4, 0.5) is 0 Å². The average Bonchev–Trinajstić information content (AvgIpc) is 1.89. The van der Waals surface area contributed by atoms with Gasteiger partial charge in [-0.25, -0.2) is 0 Å². The van der Waals surface area contributed by atoms with Gasteiger partial charge in [-0.05, 0) is 18.8 Å². The zero-order valence-electron chi connectivity index (χ0n) is 11.7. The largest absolute Gasteiger partial charge is 0.394 e. The molecule has 0 unspecified atom stereocenters. The van der Waals surface area contributed by atoms with E-state index in [0.29, 0.717) is 27.0 Å². The summed E-state index contributed by atoms with van der Waals surface area (Å²) in [6.45, 7) is 6.72. The van der Waals surface area contributed by atoms with Crippen molar-refractivity contribution in [1.82, 2.24) is 0 Å². The van der Waals surface area contributed by atoms with E-state index in [1.807, 2.05) is 4.93 Å². The molecule has 0 aliphatic heterocycles. The first-order valence-electron chi connectivity index (χ1n) is 3.77. The summed E-state index contributed by atoms with van der Waals surface area (Å²) in [4.78, 5) is 14.4. The highest BCUT2D eigenvalue weighted by Crippen LogP contribution is 1.65. The number of alkyl halides is 3. The molecule has 0 aromatic heterocycles. The lowest BCUT2D eigenvalue weighted by Crippen LogP contribution is -3.59. The molecule has 0 fully saturated rings. The molecule has 2 N–H and O–H groups in total. The molecular weight excluding hydrogens is 430 g/mol. The van der Waals surface area contributed by atoms with E-state index < -0.39 is 0 Å². The monoisotopic (exact) mass is 464 g/mol. The Bertz CT molecular complexity index is 70.7. The molecule has 0 aromatic rings. The van der Waals surface area contributed by atoms with Crippen molar-refractivity contribution >= 4 is 28.4 Å². The summed E-state index contributed by atoms with van der Waals surface area (Å²) in [6, 6.07) is 0. The van der Waals surface area contributed by atoms with Crippen LogP contribution < -0.4 is 21.2 Å². The summed E-state index contributed by atoms with van der Waals surface area (Å²) in [5.41, 5.74) is 0. The zero-order chi connectivity index (χ0) is 11.9. The molecule has 0 aromatic carbocycles. The van der Waals surface area contributed by atoms with Crippen molar-refractivity contribution in [1.29, 1.82) is 0 Å². The maximum absolute atomic E-state index is 8.06. The van der Waals surface area contributed by atoms with E-state index in [0.717, 1.165) is 0 Å². The second-order valence-electron chi connectivity index (χ2n) is 2.42. The third kappa shape index (κ3) is 2520. The summed E-state index contributed by atoms with van der Waals surface area (Å²) in [5.74, 6) is 0.417. The minimum atomic E-state index is -0.167. The standard InChI is InChI=1S/C3H8O.C3H6O.C2H6I.CH3I.CH4.2CH3/c2*1-3(2)4;1-3-2;1-2;;;/h3-4H,1-2H3;1-2H3;1-2H3;1H3;1H4;2*1H3/q;;+1;;;2*-1/p+1. The lowest BCUT2D eigenvalue weighted by atomic mass is 10.5. The third-order valence-corrected chi connectivity index (χ3v) is 0. The molecular formula is C12H34I2O2. The molecule has 0 amide bonds. The van der Waals surface area contributed by atoms with Crippen LogP contribution in [0.1, 0.15) is 35.1 Å². The van der Waals surface area contributed by atoms with Crippen LogP contribution in [-0.2, 0) is 0 Å². The van der Waals surface area contributed by atoms with Gasteiger partial charge in [-0.2, -0.15) is 0 Å². The van der Waals surface area contributed by atoms with Gasteiger partial charge in [0.1, 0.15) is 9.86 Å². The molecule has 2 nitrogen and oxygen atoms in total. The number of aliphatic hydroxyl groups excluding tert-OH is 1. The summed E-state index contributed by atoms with van der Waals surface area (Å²) in [5, 5.41) is 8.06. The van der Waals surface area contributed by atoms with Crippen molar-refractivity contribution in [3.05, 3.63) is 14.9 Å². The number of halogens is 2. The molecule has 0 saturated carbocycles. The molecule has 108 valence electrons. The van der Waals surface area contributed by atoms with Crippen molar-refractivity contribution in [3.63, 3.8) is 0 Å². The molecule has 0 atom stereocenters. The van der Waals surface area contributed by atoms with Crippen LogP contribution >= 0.6 is 22.6 Å². The van der Waals surface area contributed by atoms with Crippen LogP contribution in [-0.4, -0.2) is 36.6 Å². The van der Waals surface area contributed by atoms with Crippen LogP contribution in [0, 0.1) is 14.9 Å². The summed E-state index contributed by atoms with van der Waals surface area (Å²) < 4.78 is 0. The Hall–Kier alpha value is 1.09. The predicted octanol–water partition coefficient (Wildman–Crippen LogP) is 0.881. The lowest BCUT2D eigenvalue weighted by molar-refractivity contribution is -0.597. The summed E-state index contributed by atoms with van der Waals surface area (Å²) in [6.07, 6.45) is -0.167. The minimum Gasteiger partial charge on any atom is -0.394 e. The van der Waals surface area contributed by atoms with Gasteiger partial charge in [0.25, 0.3) is 27.0 Å². The fourth-order valence-electron chi connectivity index (χ4n) is 0. The average molecular weight is 464 g/mol. The van der Waals surface area contributed by atoms with Gasteiger partial charge in [-0.15, -0.1) is 0 Å². The van der Waals surface area contributed by atoms with Crippen LogP contribution in [0.5, 0.6) is 0 Å². The van der Waals surface area contributed by atoms with Crippen molar-refractivity contribution in [2.45, 2.75) is 41.2 Å². The molecule has 4 heteroatoms. The van der Waals surface area contributed by atoms with E-state index in [-0.39, 0.29) is 28.4 Å².